The van der Waals surface area contributed by atoms with E-state index in [0.717, 1.165) is 47.3 Å². The number of alkyl halides is 1. The Morgan fingerprint density at radius 2 is 1.92 bits per heavy atom. The van der Waals surface area contributed by atoms with Gasteiger partial charge in [-0.2, -0.15) is 0 Å². The summed E-state index contributed by atoms with van der Waals surface area (Å²) in [5.74, 6) is 0.135. The van der Waals surface area contributed by atoms with Gasteiger partial charge in [0.15, 0.2) is 0 Å². The lowest BCUT2D eigenvalue weighted by Gasteiger charge is -2.47. The van der Waals surface area contributed by atoms with Crippen LogP contribution in [0.2, 0.25) is 0 Å². The lowest BCUT2D eigenvalue weighted by atomic mass is 9.95. The summed E-state index contributed by atoms with van der Waals surface area (Å²) < 4.78 is 0. The first-order chi connectivity index (χ1) is 12.3. The van der Waals surface area contributed by atoms with Crippen molar-refractivity contribution in [2.24, 2.45) is 0 Å². The summed E-state index contributed by atoms with van der Waals surface area (Å²) in [6.07, 6.45) is 0.836. The SMILES string of the molecule is O=C1c2ccccc2N(CCBr)C2c3[nH]c4ccccc4c3CCN12. The topological polar surface area (TPSA) is 39.3 Å². The summed E-state index contributed by atoms with van der Waals surface area (Å²) in [5, 5.41) is 2.14. The van der Waals surface area contributed by atoms with Gasteiger partial charge in [0.05, 0.1) is 16.9 Å². The van der Waals surface area contributed by atoms with Crippen molar-refractivity contribution in [3.63, 3.8) is 0 Å². The number of aromatic amines is 1. The number of hydrogen-bond acceptors (Lipinski definition) is 2. The minimum Gasteiger partial charge on any atom is -0.355 e. The first-order valence-electron chi connectivity index (χ1n) is 8.61. The van der Waals surface area contributed by atoms with Gasteiger partial charge >= 0.3 is 0 Å². The second-order valence-electron chi connectivity index (χ2n) is 6.58. The molecule has 2 aliphatic rings. The van der Waals surface area contributed by atoms with Crippen LogP contribution in [0.4, 0.5) is 5.69 Å². The van der Waals surface area contributed by atoms with Gasteiger partial charge in [0.25, 0.3) is 5.91 Å². The van der Waals surface area contributed by atoms with E-state index in [2.05, 4.69) is 56.1 Å². The van der Waals surface area contributed by atoms with E-state index < -0.39 is 0 Å². The van der Waals surface area contributed by atoms with Crippen LogP contribution in [0.25, 0.3) is 10.9 Å². The summed E-state index contributed by atoms with van der Waals surface area (Å²) in [5.41, 5.74) is 5.50. The van der Waals surface area contributed by atoms with Crippen molar-refractivity contribution in [3.05, 3.63) is 65.4 Å². The number of carbonyl (C=O) groups is 1. The number of carbonyl (C=O) groups excluding carboxylic acids is 1. The molecule has 3 aromatic rings. The Kier molecular flexibility index (Phi) is 3.38. The van der Waals surface area contributed by atoms with Crippen LogP contribution < -0.4 is 4.90 Å². The number of nitrogens with one attached hydrogen (secondary N) is 1. The highest BCUT2D eigenvalue weighted by molar-refractivity contribution is 9.09. The second kappa shape index (κ2) is 5.63. The van der Waals surface area contributed by atoms with E-state index in [1.807, 2.05) is 23.1 Å². The van der Waals surface area contributed by atoms with Gasteiger partial charge in [-0.1, -0.05) is 46.3 Å². The van der Waals surface area contributed by atoms with Crippen molar-refractivity contribution < 1.29 is 4.79 Å². The third-order valence-electron chi connectivity index (χ3n) is 5.33. The molecule has 25 heavy (non-hydrogen) atoms. The fraction of sp³-hybridized carbons (Fsp3) is 0.250. The van der Waals surface area contributed by atoms with Gasteiger partial charge < -0.3 is 14.8 Å². The van der Waals surface area contributed by atoms with E-state index in [9.17, 15) is 4.79 Å². The summed E-state index contributed by atoms with van der Waals surface area (Å²) in [6, 6.07) is 16.4. The summed E-state index contributed by atoms with van der Waals surface area (Å²) in [7, 11) is 0. The van der Waals surface area contributed by atoms with Crippen LogP contribution in [-0.2, 0) is 6.42 Å². The van der Waals surface area contributed by atoms with Gasteiger partial charge in [-0.05, 0) is 30.2 Å². The van der Waals surface area contributed by atoms with Crippen LogP contribution in [0.1, 0.15) is 27.8 Å². The van der Waals surface area contributed by atoms with Crippen molar-refractivity contribution in [2.45, 2.75) is 12.6 Å². The van der Waals surface area contributed by atoms with Crippen molar-refractivity contribution in [2.75, 3.05) is 23.3 Å². The predicted octanol–water partition coefficient (Wildman–Crippen LogP) is 4.08. The molecule has 0 aliphatic carbocycles. The molecular formula is C20H18BrN3O. The van der Waals surface area contributed by atoms with Crippen molar-refractivity contribution in [3.8, 4) is 0 Å². The predicted molar refractivity (Wildman–Crippen MR) is 103 cm³/mol. The maximum absolute atomic E-state index is 13.1. The third-order valence-corrected chi connectivity index (χ3v) is 5.68. The number of H-pyrrole nitrogens is 1. The van der Waals surface area contributed by atoms with Gasteiger partial charge in [0.2, 0.25) is 0 Å². The van der Waals surface area contributed by atoms with Crippen molar-refractivity contribution in [1.29, 1.82) is 0 Å². The number of nitrogens with zero attached hydrogens (tertiary/aromatic N) is 2. The smallest absolute Gasteiger partial charge is 0.257 e. The van der Waals surface area contributed by atoms with Gasteiger partial charge in [-0.25, -0.2) is 0 Å². The maximum Gasteiger partial charge on any atom is 0.257 e. The molecule has 5 rings (SSSR count). The molecule has 2 aliphatic heterocycles. The number of fused-ring (bicyclic) bond motifs is 6. The number of aromatic nitrogens is 1. The van der Waals surface area contributed by atoms with Crippen LogP contribution in [0.5, 0.6) is 0 Å². The van der Waals surface area contributed by atoms with Crippen LogP contribution in [0, 0.1) is 0 Å². The van der Waals surface area contributed by atoms with Crippen molar-refractivity contribution in [1.82, 2.24) is 9.88 Å². The molecule has 0 fully saturated rings. The number of hydrogen-bond donors (Lipinski definition) is 1. The molecule has 5 heteroatoms. The van der Waals surface area contributed by atoms with Crippen molar-refractivity contribution >= 4 is 38.4 Å². The quantitative estimate of drug-likeness (QED) is 0.663. The molecule has 126 valence electrons. The Balaban J connectivity index is 1.74. The molecule has 3 heterocycles. The molecule has 2 aromatic carbocycles. The van der Waals surface area contributed by atoms with E-state index in [4.69, 9.17) is 0 Å². The average molecular weight is 396 g/mol. The molecule has 0 saturated heterocycles. The van der Waals surface area contributed by atoms with Crippen LogP contribution in [0.3, 0.4) is 0 Å². The summed E-state index contributed by atoms with van der Waals surface area (Å²) in [6.45, 7) is 1.60. The molecule has 1 atom stereocenters. The molecule has 1 unspecified atom stereocenters. The largest absolute Gasteiger partial charge is 0.355 e. The molecule has 0 saturated carbocycles. The number of anilines is 1. The normalized spacial score (nSPS) is 18.9. The fourth-order valence-electron chi connectivity index (χ4n) is 4.28. The Morgan fingerprint density at radius 3 is 2.80 bits per heavy atom. The molecule has 4 nitrogen and oxygen atoms in total. The molecule has 1 N–H and O–H groups in total. The Labute approximate surface area is 154 Å². The van der Waals surface area contributed by atoms with Crippen LogP contribution >= 0.6 is 15.9 Å². The zero-order chi connectivity index (χ0) is 17.0. The standard InChI is InChI=1S/C20H18BrN3O/c21-10-12-23-17-8-4-2-6-15(17)20(25)24-11-9-14-13-5-1-3-7-16(13)22-18(14)19(23)24/h1-8,19,22H,9-12H2. The first-order valence-corrected chi connectivity index (χ1v) is 9.74. The summed E-state index contributed by atoms with van der Waals surface area (Å²) >= 11 is 3.59. The Morgan fingerprint density at radius 1 is 1.12 bits per heavy atom. The summed E-state index contributed by atoms with van der Waals surface area (Å²) in [4.78, 5) is 21.1. The minimum atomic E-state index is -0.0592. The fourth-order valence-corrected chi connectivity index (χ4v) is 4.66. The maximum atomic E-state index is 13.1. The number of amides is 1. The first kappa shape index (κ1) is 15.0. The monoisotopic (exact) mass is 395 g/mol. The molecule has 1 aromatic heterocycles. The zero-order valence-corrected chi connectivity index (χ0v) is 15.3. The van der Waals surface area contributed by atoms with E-state index >= 15 is 0 Å². The molecule has 0 radical (unpaired) electrons. The molecular weight excluding hydrogens is 378 g/mol. The average Bonchev–Trinajstić information content (AvgIpc) is 3.03. The third kappa shape index (κ3) is 2.08. The number of rotatable bonds is 2. The minimum absolute atomic E-state index is 0.0592. The zero-order valence-electron chi connectivity index (χ0n) is 13.7. The number of benzene rings is 2. The highest BCUT2D eigenvalue weighted by Crippen LogP contribution is 2.43. The van der Waals surface area contributed by atoms with Gasteiger partial charge in [-0.15, -0.1) is 0 Å². The molecule has 0 bridgehead atoms. The number of para-hydroxylation sites is 2. The highest BCUT2D eigenvalue weighted by Gasteiger charge is 2.42. The van der Waals surface area contributed by atoms with Crippen LogP contribution in [0.15, 0.2) is 48.5 Å². The molecule has 0 spiro atoms. The number of halogens is 1. The lowest BCUT2D eigenvalue weighted by molar-refractivity contribution is 0.0629. The lowest BCUT2D eigenvalue weighted by Crippen LogP contribution is -2.52. The van der Waals surface area contributed by atoms with E-state index in [-0.39, 0.29) is 12.1 Å². The van der Waals surface area contributed by atoms with Gasteiger partial charge in [0.1, 0.15) is 6.17 Å². The van der Waals surface area contributed by atoms with Crippen LogP contribution in [-0.4, -0.2) is 34.2 Å². The Hall–Kier alpha value is -2.27. The van der Waals surface area contributed by atoms with E-state index in [1.54, 1.807) is 0 Å². The van der Waals surface area contributed by atoms with Gasteiger partial charge in [-0.3, -0.25) is 4.79 Å². The highest BCUT2D eigenvalue weighted by atomic mass is 79.9. The molecule has 1 amide bonds. The van der Waals surface area contributed by atoms with E-state index in [1.165, 1.54) is 10.9 Å². The van der Waals surface area contributed by atoms with E-state index in [0.29, 0.717) is 0 Å². The Bertz CT molecular complexity index is 980. The second-order valence-corrected chi connectivity index (χ2v) is 7.38. The van der Waals surface area contributed by atoms with Gasteiger partial charge in [0, 0.05) is 29.3 Å².